The van der Waals surface area contributed by atoms with Crippen molar-refractivity contribution in [2.75, 3.05) is 14.2 Å². The molecule has 0 aromatic heterocycles. The Morgan fingerprint density at radius 3 is 2.41 bits per heavy atom. The quantitative estimate of drug-likeness (QED) is 0.831. The SMILES string of the molecule is COP(=O)(OC)N1C(=O)c2ccccc2C1O. The Kier molecular flexibility index (Phi) is 3.05. The van der Waals surface area contributed by atoms with Gasteiger partial charge in [-0.15, -0.1) is 0 Å². The van der Waals surface area contributed by atoms with E-state index >= 15 is 0 Å². The summed E-state index contributed by atoms with van der Waals surface area (Å²) in [5.74, 6) is -0.569. The van der Waals surface area contributed by atoms with Crippen LogP contribution in [0.3, 0.4) is 0 Å². The molecule has 1 aliphatic heterocycles. The first-order valence-electron chi connectivity index (χ1n) is 4.87. The predicted molar refractivity (Wildman–Crippen MR) is 59.2 cm³/mol. The molecule has 0 aliphatic carbocycles. The third-order valence-corrected chi connectivity index (χ3v) is 4.49. The highest BCUT2D eigenvalue weighted by molar-refractivity contribution is 7.52. The zero-order valence-electron chi connectivity index (χ0n) is 9.36. The Labute approximate surface area is 98.3 Å². The number of amides is 1. The number of carbonyl (C=O) groups excluding carboxylic acids is 1. The fraction of sp³-hybridized carbons (Fsp3) is 0.300. The van der Waals surface area contributed by atoms with Gasteiger partial charge in [-0.3, -0.25) is 13.8 Å². The Morgan fingerprint density at radius 2 is 1.88 bits per heavy atom. The number of hydrogen-bond acceptors (Lipinski definition) is 5. The number of carbonyl (C=O) groups is 1. The largest absolute Gasteiger partial charge is 0.439 e. The first kappa shape index (κ1) is 12.3. The van der Waals surface area contributed by atoms with Crippen LogP contribution in [-0.2, 0) is 13.6 Å². The van der Waals surface area contributed by atoms with Crippen molar-refractivity contribution >= 4 is 13.7 Å². The summed E-state index contributed by atoms with van der Waals surface area (Å²) >= 11 is 0. The number of nitrogens with zero attached hydrogens (tertiary/aromatic N) is 1. The summed E-state index contributed by atoms with van der Waals surface area (Å²) in [6.07, 6.45) is -1.32. The lowest BCUT2D eigenvalue weighted by atomic mass is 10.1. The van der Waals surface area contributed by atoms with Gasteiger partial charge in [-0.2, -0.15) is 0 Å². The van der Waals surface area contributed by atoms with E-state index < -0.39 is 19.9 Å². The van der Waals surface area contributed by atoms with Gasteiger partial charge in [-0.25, -0.2) is 9.24 Å². The molecule has 1 aromatic carbocycles. The summed E-state index contributed by atoms with van der Waals surface area (Å²) in [6, 6.07) is 6.49. The maximum absolute atomic E-state index is 12.1. The van der Waals surface area contributed by atoms with E-state index in [1.807, 2.05) is 0 Å². The molecule has 1 aromatic rings. The van der Waals surface area contributed by atoms with E-state index in [2.05, 4.69) is 0 Å². The fourth-order valence-electron chi connectivity index (χ4n) is 1.78. The van der Waals surface area contributed by atoms with Crippen LogP contribution in [0, 0.1) is 0 Å². The number of aliphatic hydroxyl groups is 1. The molecule has 1 aliphatic rings. The summed E-state index contributed by atoms with van der Waals surface area (Å²) < 4.78 is 22.3. The number of rotatable bonds is 3. The lowest BCUT2D eigenvalue weighted by Crippen LogP contribution is -2.26. The molecular weight excluding hydrogens is 245 g/mol. The zero-order valence-corrected chi connectivity index (χ0v) is 10.3. The van der Waals surface area contributed by atoms with Gasteiger partial charge in [0.05, 0.1) is 0 Å². The summed E-state index contributed by atoms with van der Waals surface area (Å²) in [6.45, 7) is 0. The van der Waals surface area contributed by atoms with Crippen LogP contribution >= 0.6 is 7.75 Å². The van der Waals surface area contributed by atoms with Crippen molar-refractivity contribution in [3.8, 4) is 0 Å². The normalized spacial score (nSPS) is 19.6. The summed E-state index contributed by atoms with van der Waals surface area (Å²) in [5.41, 5.74) is 0.696. The van der Waals surface area contributed by atoms with Crippen LogP contribution in [0.15, 0.2) is 24.3 Å². The summed E-state index contributed by atoms with van der Waals surface area (Å²) in [5, 5.41) is 9.98. The van der Waals surface area contributed by atoms with Gasteiger partial charge < -0.3 is 5.11 Å². The van der Waals surface area contributed by atoms with E-state index in [9.17, 15) is 14.5 Å². The Balaban J connectivity index is 2.50. The molecule has 17 heavy (non-hydrogen) atoms. The smallest absolute Gasteiger partial charge is 0.369 e. The number of benzene rings is 1. The van der Waals surface area contributed by atoms with Crippen molar-refractivity contribution in [2.24, 2.45) is 0 Å². The minimum atomic E-state index is -3.79. The fourth-order valence-corrected chi connectivity index (χ4v) is 3.00. The first-order valence-corrected chi connectivity index (χ1v) is 6.37. The minimum Gasteiger partial charge on any atom is -0.369 e. The van der Waals surface area contributed by atoms with Gasteiger partial charge in [0, 0.05) is 25.3 Å². The minimum absolute atomic E-state index is 0.300. The molecule has 0 bridgehead atoms. The van der Waals surface area contributed by atoms with E-state index in [-0.39, 0.29) is 0 Å². The van der Waals surface area contributed by atoms with Gasteiger partial charge in [-0.05, 0) is 6.07 Å². The Hall–Kier alpha value is -1.20. The topological polar surface area (TPSA) is 76.1 Å². The zero-order chi connectivity index (χ0) is 12.6. The Morgan fingerprint density at radius 1 is 1.29 bits per heavy atom. The van der Waals surface area contributed by atoms with Crippen LogP contribution < -0.4 is 0 Å². The predicted octanol–water partition coefficient (Wildman–Crippen LogP) is 1.53. The maximum Gasteiger partial charge on any atom is 0.439 e. The van der Waals surface area contributed by atoms with Crippen molar-refractivity contribution < 1.29 is 23.5 Å². The standard InChI is InChI=1S/C10H12NO5P/c1-15-17(14,16-2)11-9(12)7-5-3-4-6-8(7)10(11)13/h3-6,9,12H,1-2H3. The number of hydrogen-bond donors (Lipinski definition) is 1. The highest BCUT2D eigenvalue weighted by Gasteiger charge is 2.47. The van der Waals surface area contributed by atoms with Gasteiger partial charge in [0.2, 0.25) is 0 Å². The van der Waals surface area contributed by atoms with Crippen LogP contribution in [0.5, 0.6) is 0 Å². The van der Waals surface area contributed by atoms with Gasteiger partial charge >= 0.3 is 7.75 Å². The van der Waals surface area contributed by atoms with E-state index in [4.69, 9.17) is 9.05 Å². The molecule has 6 nitrogen and oxygen atoms in total. The molecule has 1 unspecified atom stereocenters. The molecule has 0 spiro atoms. The van der Waals surface area contributed by atoms with Crippen molar-refractivity contribution in [3.63, 3.8) is 0 Å². The van der Waals surface area contributed by atoms with Crippen LogP contribution in [-0.4, -0.2) is 29.9 Å². The lowest BCUT2D eigenvalue weighted by Gasteiger charge is -2.26. The highest BCUT2D eigenvalue weighted by Crippen LogP contribution is 2.57. The van der Waals surface area contributed by atoms with Crippen LogP contribution in [0.2, 0.25) is 0 Å². The lowest BCUT2D eigenvalue weighted by molar-refractivity contribution is 0.0384. The second-order valence-corrected chi connectivity index (χ2v) is 5.54. The number of fused-ring (bicyclic) bond motifs is 1. The van der Waals surface area contributed by atoms with Crippen LogP contribution in [0.25, 0.3) is 0 Å². The number of aliphatic hydroxyl groups excluding tert-OH is 1. The molecule has 0 saturated heterocycles. The maximum atomic E-state index is 12.1. The van der Waals surface area contributed by atoms with Crippen molar-refractivity contribution in [1.29, 1.82) is 0 Å². The molecule has 92 valence electrons. The van der Waals surface area contributed by atoms with Crippen LogP contribution in [0.1, 0.15) is 22.1 Å². The van der Waals surface area contributed by atoms with Crippen molar-refractivity contribution in [1.82, 2.24) is 4.67 Å². The average Bonchev–Trinajstić information content (AvgIpc) is 2.62. The Bertz CT molecular complexity index is 495. The molecule has 1 amide bonds. The third kappa shape index (κ3) is 1.70. The average molecular weight is 257 g/mol. The second kappa shape index (κ2) is 4.23. The molecule has 0 saturated carbocycles. The first-order chi connectivity index (χ1) is 8.05. The molecular formula is C10H12NO5P. The molecule has 1 atom stereocenters. The van der Waals surface area contributed by atoms with E-state index in [0.29, 0.717) is 11.1 Å². The second-order valence-electron chi connectivity index (χ2n) is 3.44. The van der Waals surface area contributed by atoms with Crippen molar-refractivity contribution in [2.45, 2.75) is 6.23 Å². The molecule has 2 rings (SSSR count). The highest BCUT2D eigenvalue weighted by atomic mass is 31.2. The van der Waals surface area contributed by atoms with Crippen LogP contribution in [0.4, 0.5) is 0 Å². The van der Waals surface area contributed by atoms with E-state index in [0.717, 1.165) is 18.9 Å². The van der Waals surface area contributed by atoms with Gasteiger partial charge in [-0.1, -0.05) is 18.2 Å². The summed E-state index contributed by atoms with van der Waals surface area (Å²) in [7, 11) is -1.47. The van der Waals surface area contributed by atoms with Gasteiger partial charge in [0.25, 0.3) is 5.91 Å². The van der Waals surface area contributed by atoms with Gasteiger partial charge in [0.1, 0.15) is 0 Å². The van der Waals surface area contributed by atoms with E-state index in [1.165, 1.54) is 0 Å². The van der Waals surface area contributed by atoms with E-state index in [1.54, 1.807) is 24.3 Å². The summed E-state index contributed by atoms with van der Waals surface area (Å²) in [4.78, 5) is 12.0. The van der Waals surface area contributed by atoms with Gasteiger partial charge in [0.15, 0.2) is 6.23 Å². The molecule has 7 heteroatoms. The molecule has 1 N–H and O–H groups in total. The monoisotopic (exact) mass is 257 g/mol. The molecule has 0 radical (unpaired) electrons. The third-order valence-electron chi connectivity index (χ3n) is 2.63. The van der Waals surface area contributed by atoms with Crippen molar-refractivity contribution in [3.05, 3.63) is 35.4 Å². The molecule has 0 fully saturated rings. The molecule has 1 heterocycles.